The Balaban J connectivity index is 5.51. The number of amides is 4. The van der Waals surface area contributed by atoms with Crippen LogP contribution in [0.5, 0.6) is 0 Å². The minimum absolute atomic E-state index is 0.0675. The van der Waals surface area contributed by atoms with E-state index in [-0.39, 0.29) is 31.1 Å². The minimum Gasteiger partial charge on any atom is -0.480 e. The molecule has 0 bridgehead atoms. The Hall–Kier alpha value is -2.34. The second-order valence-corrected chi connectivity index (χ2v) is 9.70. The van der Waals surface area contributed by atoms with Crippen LogP contribution in [0.4, 0.5) is 0 Å². The normalized spacial score (nSPS) is 14.8. The second kappa shape index (κ2) is 15.5. The fourth-order valence-corrected chi connectivity index (χ4v) is 3.46. The predicted octanol–water partition coefficient (Wildman–Crippen LogP) is -0.427. The van der Waals surface area contributed by atoms with Crippen LogP contribution >= 0.6 is 11.8 Å². The lowest BCUT2D eigenvalue weighted by molar-refractivity contribution is -0.143. The largest absolute Gasteiger partial charge is 0.480 e. The number of nitrogens with two attached hydrogens (primary N) is 2. The molecule has 0 aliphatic carbocycles. The summed E-state index contributed by atoms with van der Waals surface area (Å²) in [6, 6.07) is -4.12. The van der Waals surface area contributed by atoms with Crippen LogP contribution < -0.4 is 27.4 Å². The Morgan fingerprint density at radius 1 is 0.879 bits per heavy atom. The highest BCUT2D eigenvalue weighted by molar-refractivity contribution is 7.98. The maximum atomic E-state index is 12.9. The van der Waals surface area contributed by atoms with E-state index in [1.165, 1.54) is 11.8 Å². The van der Waals surface area contributed by atoms with Gasteiger partial charge in [0.2, 0.25) is 23.6 Å². The quantitative estimate of drug-likeness (QED) is 0.168. The molecule has 0 aliphatic heterocycles. The summed E-state index contributed by atoms with van der Waals surface area (Å²) in [6.07, 6.45) is 2.25. The van der Waals surface area contributed by atoms with Crippen LogP contribution in [0.2, 0.25) is 0 Å². The van der Waals surface area contributed by atoms with E-state index in [4.69, 9.17) is 11.5 Å². The molecule has 0 rings (SSSR count). The number of rotatable bonds is 16. The van der Waals surface area contributed by atoms with Gasteiger partial charge < -0.3 is 32.5 Å². The first kappa shape index (κ1) is 30.7. The highest BCUT2D eigenvalue weighted by Gasteiger charge is 2.31. The summed E-state index contributed by atoms with van der Waals surface area (Å²) in [5.41, 5.74) is 11.1. The number of aliphatic carboxylic acids is 1. The lowest BCUT2D eigenvalue weighted by Gasteiger charge is -2.26. The van der Waals surface area contributed by atoms with E-state index in [0.29, 0.717) is 12.2 Å². The van der Waals surface area contributed by atoms with Gasteiger partial charge in [0.1, 0.15) is 18.1 Å². The van der Waals surface area contributed by atoms with E-state index in [9.17, 15) is 29.1 Å². The van der Waals surface area contributed by atoms with E-state index >= 15 is 0 Å². The molecule has 0 aromatic rings. The van der Waals surface area contributed by atoms with Gasteiger partial charge in [-0.25, -0.2) is 4.79 Å². The lowest BCUT2D eigenvalue weighted by atomic mass is 10.0. The number of carboxylic acid groups (broad SMARTS) is 1. The molecular formula is C21H39N5O6S. The van der Waals surface area contributed by atoms with E-state index in [0.717, 1.165) is 0 Å². The van der Waals surface area contributed by atoms with Gasteiger partial charge in [0.25, 0.3) is 0 Å². The molecule has 0 aromatic heterocycles. The molecule has 0 aliphatic rings. The van der Waals surface area contributed by atoms with Gasteiger partial charge in [-0.3, -0.25) is 19.2 Å². The van der Waals surface area contributed by atoms with Crippen LogP contribution in [0.15, 0.2) is 0 Å². The Morgan fingerprint density at radius 3 is 1.85 bits per heavy atom. The third kappa shape index (κ3) is 12.5. The van der Waals surface area contributed by atoms with Crippen molar-refractivity contribution in [3.05, 3.63) is 0 Å². The van der Waals surface area contributed by atoms with Gasteiger partial charge in [-0.05, 0) is 43.1 Å². The average Bonchev–Trinajstić information content (AvgIpc) is 2.70. The summed E-state index contributed by atoms with van der Waals surface area (Å²) in [5, 5.41) is 16.9. The molecule has 0 radical (unpaired) electrons. The minimum atomic E-state index is -1.18. The summed E-state index contributed by atoms with van der Waals surface area (Å²) in [7, 11) is 0. The standard InChI is InChI=1S/C21H39N5O6S/c1-11(2)10-13(22)18(28)24-14(6-7-16(23)27)19(29)25-15(8-9-33-5)20(30)26-17(12(3)4)21(31)32/h11-15,17H,6-10,22H2,1-5H3,(H2,23,27)(H,24,28)(H,25,29)(H,26,30)(H,31,32). The number of hydrogen-bond acceptors (Lipinski definition) is 7. The first-order valence-electron chi connectivity index (χ1n) is 11.0. The molecule has 11 nitrogen and oxygen atoms in total. The Morgan fingerprint density at radius 2 is 1.39 bits per heavy atom. The molecule has 0 heterocycles. The second-order valence-electron chi connectivity index (χ2n) is 8.71. The smallest absolute Gasteiger partial charge is 0.326 e. The first-order chi connectivity index (χ1) is 15.3. The van der Waals surface area contributed by atoms with Gasteiger partial charge >= 0.3 is 5.97 Å². The molecule has 4 amide bonds. The third-order valence-electron chi connectivity index (χ3n) is 4.85. The maximum absolute atomic E-state index is 12.9. The van der Waals surface area contributed by atoms with Gasteiger partial charge in [0.15, 0.2) is 0 Å². The van der Waals surface area contributed by atoms with Crippen molar-refractivity contribution in [1.29, 1.82) is 0 Å². The van der Waals surface area contributed by atoms with Gasteiger partial charge in [-0.2, -0.15) is 11.8 Å². The third-order valence-corrected chi connectivity index (χ3v) is 5.49. The van der Waals surface area contributed by atoms with Gasteiger partial charge in [-0.1, -0.05) is 27.7 Å². The van der Waals surface area contributed by atoms with Crippen LogP contribution in [0.3, 0.4) is 0 Å². The first-order valence-corrected chi connectivity index (χ1v) is 12.4. The topological polar surface area (TPSA) is 194 Å². The van der Waals surface area contributed by atoms with E-state index in [2.05, 4.69) is 16.0 Å². The summed E-state index contributed by atoms with van der Waals surface area (Å²) in [4.78, 5) is 60.8. The van der Waals surface area contributed by atoms with Crippen molar-refractivity contribution < 1.29 is 29.1 Å². The van der Waals surface area contributed by atoms with Crippen molar-refractivity contribution in [1.82, 2.24) is 16.0 Å². The molecular weight excluding hydrogens is 450 g/mol. The van der Waals surface area contributed by atoms with Crippen molar-refractivity contribution in [2.24, 2.45) is 23.3 Å². The van der Waals surface area contributed by atoms with E-state index < -0.39 is 53.8 Å². The van der Waals surface area contributed by atoms with Crippen LogP contribution in [-0.2, 0) is 24.0 Å². The van der Waals surface area contributed by atoms with Gasteiger partial charge in [0, 0.05) is 6.42 Å². The highest BCUT2D eigenvalue weighted by atomic mass is 32.2. The molecule has 33 heavy (non-hydrogen) atoms. The monoisotopic (exact) mass is 489 g/mol. The maximum Gasteiger partial charge on any atom is 0.326 e. The summed E-state index contributed by atoms with van der Waals surface area (Å²) < 4.78 is 0. The van der Waals surface area contributed by atoms with Gasteiger partial charge in [0.05, 0.1) is 6.04 Å². The summed E-state index contributed by atoms with van der Waals surface area (Å²) >= 11 is 1.45. The van der Waals surface area contributed by atoms with E-state index in [1.54, 1.807) is 13.8 Å². The Bertz CT molecular complexity index is 688. The number of primary amides is 1. The number of hydrogen-bond donors (Lipinski definition) is 6. The van der Waals surface area contributed by atoms with Crippen molar-refractivity contribution >= 4 is 41.4 Å². The fraction of sp³-hybridized carbons (Fsp3) is 0.762. The fourth-order valence-electron chi connectivity index (χ4n) is 2.99. The van der Waals surface area contributed by atoms with Crippen molar-refractivity contribution in [2.75, 3.05) is 12.0 Å². The molecule has 8 N–H and O–H groups in total. The summed E-state index contributed by atoms with van der Waals surface area (Å²) in [5.74, 6) is -3.39. The number of carbonyl (C=O) groups excluding carboxylic acids is 4. The molecule has 0 aromatic carbocycles. The molecule has 12 heteroatoms. The Kier molecular flexibility index (Phi) is 14.4. The zero-order valence-corrected chi connectivity index (χ0v) is 20.9. The van der Waals surface area contributed by atoms with Crippen LogP contribution in [0.1, 0.15) is 53.4 Å². The number of carboxylic acids is 1. The predicted molar refractivity (Wildman–Crippen MR) is 127 cm³/mol. The zero-order chi connectivity index (χ0) is 25.7. The highest BCUT2D eigenvalue weighted by Crippen LogP contribution is 2.08. The van der Waals surface area contributed by atoms with Gasteiger partial charge in [-0.15, -0.1) is 0 Å². The molecule has 0 saturated carbocycles. The molecule has 4 atom stereocenters. The SMILES string of the molecule is CSCCC(NC(=O)C(CCC(N)=O)NC(=O)C(N)CC(C)C)C(=O)NC(C(=O)O)C(C)C. The van der Waals surface area contributed by atoms with E-state index in [1.807, 2.05) is 20.1 Å². The number of thioether (sulfide) groups is 1. The Labute approximate surface area is 199 Å². The zero-order valence-electron chi connectivity index (χ0n) is 20.1. The molecule has 4 unspecified atom stereocenters. The molecule has 0 fully saturated rings. The molecule has 190 valence electrons. The number of nitrogens with one attached hydrogen (secondary N) is 3. The van der Waals surface area contributed by atoms with Crippen LogP contribution in [0.25, 0.3) is 0 Å². The lowest BCUT2D eigenvalue weighted by Crippen LogP contribution is -2.57. The number of carbonyl (C=O) groups is 5. The van der Waals surface area contributed by atoms with Crippen molar-refractivity contribution in [2.45, 2.75) is 77.5 Å². The van der Waals surface area contributed by atoms with Crippen LogP contribution in [0, 0.1) is 11.8 Å². The molecule has 0 spiro atoms. The van der Waals surface area contributed by atoms with Crippen molar-refractivity contribution in [3.63, 3.8) is 0 Å². The molecule has 0 saturated heterocycles. The van der Waals surface area contributed by atoms with Crippen LogP contribution in [-0.4, -0.2) is 70.9 Å². The average molecular weight is 490 g/mol. The van der Waals surface area contributed by atoms with Crippen molar-refractivity contribution in [3.8, 4) is 0 Å². The summed E-state index contributed by atoms with van der Waals surface area (Å²) in [6.45, 7) is 7.12.